The third-order valence-electron chi connectivity index (χ3n) is 5.55. The number of aliphatic imine (C=N–C) groups is 1. The van der Waals surface area contributed by atoms with E-state index in [0.29, 0.717) is 36.3 Å². The van der Waals surface area contributed by atoms with Gasteiger partial charge in [0.05, 0.1) is 6.04 Å². The number of rotatable bonds is 8. The van der Waals surface area contributed by atoms with E-state index in [9.17, 15) is 13.6 Å². The molecule has 0 bridgehead atoms. The first kappa shape index (κ1) is 24.4. The Hall–Kier alpha value is -3.27. The van der Waals surface area contributed by atoms with Crippen LogP contribution in [-0.2, 0) is 9.53 Å². The molecule has 0 saturated heterocycles. The van der Waals surface area contributed by atoms with E-state index in [1.165, 1.54) is 31.3 Å². The molecule has 0 aliphatic carbocycles. The van der Waals surface area contributed by atoms with Gasteiger partial charge in [-0.25, -0.2) is 9.38 Å². The summed E-state index contributed by atoms with van der Waals surface area (Å²) in [4.78, 5) is 16.8. The van der Waals surface area contributed by atoms with Crippen molar-refractivity contribution in [3.05, 3.63) is 47.8 Å². The summed E-state index contributed by atoms with van der Waals surface area (Å²) in [5, 5.41) is 0. The summed E-state index contributed by atoms with van der Waals surface area (Å²) in [6.45, 7) is -0.642. The molecule has 33 heavy (non-hydrogen) atoms. The minimum Gasteiger partial charge on any atom is -0.489 e. The molecule has 0 radical (unpaired) electrons. The average molecular weight is 465 g/mol. The minimum atomic E-state index is -3.00. The number of carbonyl (C=O) groups is 1. The van der Waals surface area contributed by atoms with Crippen molar-refractivity contribution in [3.8, 4) is 22.6 Å². The van der Waals surface area contributed by atoms with Crippen LogP contribution in [0.25, 0.3) is 11.1 Å². The zero-order valence-corrected chi connectivity index (χ0v) is 18.5. The number of alkyl halides is 2. The van der Waals surface area contributed by atoms with Gasteiger partial charge in [0.1, 0.15) is 23.4 Å². The third kappa shape index (κ3) is 5.57. The number of benzene rings is 2. The first-order valence-electron chi connectivity index (χ1n) is 10.3. The molecule has 1 aliphatic rings. The van der Waals surface area contributed by atoms with E-state index in [0.717, 1.165) is 4.90 Å². The number of hydrogen-bond acceptors (Lipinski definition) is 5. The maximum absolute atomic E-state index is 15.1. The van der Waals surface area contributed by atoms with E-state index in [2.05, 4.69) is 9.73 Å². The second-order valence-electron chi connectivity index (χ2n) is 7.72. The van der Waals surface area contributed by atoms with Crippen LogP contribution in [0.1, 0.15) is 24.9 Å². The number of carbonyl (C=O) groups excluding carboxylic acids is 1. The Morgan fingerprint density at radius 2 is 2.09 bits per heavy atom. The number of nitrogens with zero attached hydrogens (tertiary/aromatic N) is 2. The van der Waals surface area contributed by atoms with E-state index in [1.807, 2.05) is 6.92 Å². The van der Waals surface area contributed by atoms with Gasteiger partial charge in [0.2, 0.25) is 6.41 Å². The molecule has 3 rings (SSSR count). The minimum absolute atomic E-state index is 0.00148. The molecule has 1 amide bonds. The maximum Gasteiger partial charge on any atom is 0.387 e. The molecule has 1 aliphatic heterocycles. The van der Waals surface area contributed by atoms with Gasteiger partial charge in [-0.2, -0.15) is 8.78 Å². The summed E-state index contributed by atoms with van der Waals surface area (Å²) >= 11 is 0. The standard InChI is InChI=1S/C23H26F3N3O4/c1-13-19(7-8-31-3)33-20-11-18(24)16(14-5-4-6-15(9-14)32-22(25)26)10-17(20)21(13)28-23(27)29(2)12-30/h4-6,9-13,19,21-22H,7-8H2,1-3H3,(H2,27,28)/t13?,19-,21+/m0/s1. The molecular weight excluding hydrogens is 439 g/mol. The Balaban J connectivity index is 2.09. The largest absolute Gasteiger partial charge is 0.489 e. The number of halogens is 3. The Morgan fingerprint density at radius 3 is 2.76 bits per heavy atom. The molecule has 2 aromatic carbocycles. The summed E-state index contributed by atoms with van der Waals surface area (Å²) in [5.74, 6) is -0.568. The van der Waals surface area contributed by atoms with E-state index < -0.39 is 18.5 Å². The number of fused-ring (bicyclic) bond motifs is 1. The molecule has 2 aromatic rings. The Bertz CT molecular complexity index is 1020. The molecule has 0 fully saturated rings. The highest BCUT2D eigenvalue weighted by atomic mass is 19.3. The van der Waals surface area contributed by atoms with Crippen LogP contribution in [0.3, 0.4) is 0 Å². The monoisotopic (exact) mass is 465 g/mol. The van der Waals surface area contributed by atoms with Crippen LogP contribution in [-0.4, -0.2) is 50.7 Å². The zero-order chi connectivity index (χ0) is 24.1. The highest BCUT2D eigenvalue weighted by Gasteiger charge is 2.36. The number of nitrogens with two attached hydrogens (primary N) is 1. The van der Waals surface area contributed by atoms with Crippen molar-refractivity contribution in [2.75, 3.05) is 20.8 Å². The Labute approximate surface area is 189 Å². The van der Waals surface area contributed by atoms with Crippen molar-refractivity contribution in [1.82, 2.24) is 4.90 Å². The summed E-state index contributed by atoms with van der Waals surface area (Å²) in [6.07, 6.45) is 0.758. The van der Waals surface area contributed by atoms with Crippen molar-refractivity contribution in [2.45, 2.75) is 32.1 Å². The molecule has 0 saturated carbocycles. The molecule has 178 valence electrons. The van der Waals surface area contributed by atoms with Gasteiger partial charge in [0.25, 0.3) is 0 Å². The second-order valence-corrected chi connectivity index (χ2v) is 7.72. The van der Waals surface area contributed by atoms with Gasteiger partial charge in [0.15, 0.2) is 5.96 Å². The lowest BCUT2D eigenvalue weighted by Crippen LogP contribution is -2.38. The van der Waals surface area contributed by atoms with Gasteiger partial charge >= 0.3 is 6.61 Å². The predicted molar refractivity (Wildman–Crippen MR) is 117 cm³/mol. The molecule has 1 heterocycles. The second kappa shape index (κ2) is 10.6. The van der Waals surface area contributed by atoms with Crippen LogP contribution in [0.4, 0.5) is 13.2 Å². The van der Waals surface area contributed by atoms with Gasteiger partial charge in [-0.05, 0) is 23.8 Å². The van der Waals surface area contributed by atoms with Gasteiger partial charge in [-0.3, -0.25) is 9.69 Å². The average Bonchev–Trinajstić information content (AvgIpc) is 2.78. The summed E-state index contributed by atoms with van der Waals surface area (Å²) in [5.41, 5.74) is 7.07. The fraction of sp³-hybridized carbons (Fsp3) is 0.391. The highest BCUT2D eigenvalue weighted by molar-refractivity contribution is 5.87. The van der Waals surface area contributed by atoms with Crippen molar-refractivity contribution >= 4 is 12.4 Å². The van der Waals surface area contributed by atoms with Crippen LogP contribution >= 0.6 is 0 Å². The normalized spacial score (nSPS) is 20.2. The number of amides is 1. The van der Waals surface area contributed by atoms with Crippen LogP contribution in [0.2, 0.25) is 0 Å². The van der Waals surface area contributed by atoms with E-state index in [-0.39, 0.29) is 29.3 Å². The summed E-state index contributed by atoms with van der Waals surface area (Å²) in [7, 11) is 3.05. The zero-order valence-electron chi connectivity index (χ0n) is 18.5. The molecule has 0 aromatic heterocycles. The molecule has 1 unspecified atom stereocenters. The molecule has 7 nitrogen and oxygen atoms in total. The molecule has 0 spiro atoms. The number of ether oxygens (including phenoxy) is 3. The smallest absolute Gasteiger partial charge is 0.387 e. The van der Waals surface area contributed by atoms with Gasteiger partial charge in [-0.1, -0.05) is 19.1 Å². The quantitative estimate of drug-likeness (QED) is 0.362. The first-order chi connectivity index (χ1) is 15.7. The lowest BCUT2D eigenvalue weighted by atomic mass is 9.84. The lowest BCUT2D eigenvalue weighted by molar-refractivity contribution is -0.114. The van der Waals surface area contributed by atoms with Crippen LogP contribution < -0.4 is 15.2 Å². The topological polar surface area (TPSA) is 86.4 Å². The van der Waals surface area contributed by atoms with Crippen LogP contribution in [0, 0.1) is 11.7 Å². The van der Waals surface area contributed by atoms with Gasteiger partial charge < -0.3 is 19.9 Å². The van der Waals surface area contributed by atoms with Crippen LogP contribution in [0.5, 0.6) is 11.5 Å². The Morgan fingerprint density at radius 1 is 1.33 bits per heavy atom. The number of methoxy groups -OCH3 is 1. The first-order valence-corrected chi connectivity index (χ1v) is 10.3. The fourth-order valence-electron chi connectivity index (χ4n) is 3.75. The molecule has 3 atom stereocenters. The predicted octanol–water partition coefficient (Wildman–Crippen LogP) is 3.97. The number of hydrogen-bond donors (Lipinski definition) is 1. The van der Waals surface area contributed by atoms with E-state index in [4.69, 9.17) is 15.2 Å². The van der Waals surface area contributed by atoms with Crippen molar-refractivity contribution < 1.29 is 32.2 Å². The number of guanidine groups is 1. The highest BCUT2D eigenvalue weighted by Crippen LogP contribution is 2.44. The SMILES string of the molecule is COCC[C@@H]1Oc2cc(F)c(-c3cccc(OC(F)F)c3)cc2[C@H](N=C(N)N(C)C=O)C1C. The lowest BCUT2D eigenvalue weighted by Gasteiger charge is -2.36. The summed E-state index contributed by atoms with van der Waals surface area (Å²) < 4.78 is 56.0. The molecule has 10 heteroatoms. The van der Waals surface area contributed by atoms with Crippen LogP contribution in [0.15, 0.2) is 41.4 Å². The van der Waals surface area contributed by atoms with Crippen molar-refractivity contribution in [2.24, 2.45) is 16.6 Å². The molecule has 2 N–H and O–H groups in total. The van der Waals surface area contributed by atoms with Gasteiger partial charge in [-0.15, -0.1) is 0 Å². The van der Waals surface area contributed by atoms with Crippen molar-refractivity contribution in [1.29, 1.82) is 0 Å². The van der Waals surface area contributed by atoms with E-state index in [1.54, 1.807) is 19.2 Å². The summed E-state index contributed by atoms with van der Waals surface area (Å²) in [6, 6.07) is 8.05. The van der Waals surface area contributed by atoms with E-state index >= 15 is 4.39 Å². The van der Waals surface area contributed by atoms with Gasteiger partial charge in [0, 0.05) is 50.3 Å². The third-order valence-corrected chi connectivity index (χ3v) is 5.55. The Kier molecular flexibility index (Phi) is 7.80. The van der Waals surface area contributed by atoms with Crippen molar-refractivity contribution in [3.63, 3.8) is 0 Å². The maximum atomic E-state index is 15.1. The fourth-order valence-corrected chi connectivity index (χ4v) is 3.75. The molecular formula is C23H26F3N3O4.